The molecule has 13 heteroatoms. The van der Waals surface area contributed by atoms with Crippen LogP contribution in [0.15, 0.2) is 40.1 Å². The van der Waals surface area contributed by atoms with Gasteiger partial charge in [-0.1, -0.05) is 11.0 Å². The summed E-state index contributed by atoms with van der Waals surface area (Å²) in [5.41, 5.74) is 4.22. The van der Waals surface area contributed by atoms with Gasteiger partial charge in [0.1, 0.15) is 11.5 Å². The molecule has 1 aliphatic rings. The molecular weight excluding hydrogens is 572 g/mol. The molecule has 41 heavy (non-hydrogen) atoms. The summed E-state index contributed by atoms with van der Waals surface area (Å²) in [7, 11) is -4.87. The summed E-state index contributed by atoms with van der Waals surface area (Å²) in [6.45, 7) is 8.98. The minimum Gasteiger partial charge on any atom is -0.496 e. The molecule has 0 bridgehead atoms. The third kappa shape index (κ3) is 5.99. The van der Waals surface area contributed by atoms with Crippen LogP contribution in [-0.4, -0.2) is 37.5 Å². The number of sulfonamides is 2. The Kier molecular flexibility index (Phi) is 8.58. The van der Waals surface area contributed by atoms with Crippen LogP contribution in [0, 0.1) is 41.5 Å². The van der Waals surface area contributed by atoms with E-state index in [0.717, 1.165) is 5.56 Å². The van der Waals surface area contributed by atoms with Crippen molar-refractivity contribution in [2.75, 3.05) is 14.2 Å². The Hall–Kier alpha value is -3.36. The average molecular weight is 607 g/mol. The molecule has 2 N–H and O–H groups in total. The summed E-state index contributed by atoms with van der Waals surface area (Å²) in [4.78, 5) is 7.60. The van der Waals surface area contributed by atoms with E-state index < -0.39 is 26.5 Å². The van der Waals surface area contributed by atoms with Gasteiger partial charge in [0, 0.05) is 6.54 Å². The standard InChI is InChI=1S/C28H34N2O9S2/c1-15-11-23(35-7)17(3)19(5)26(15)40(31,32)29-14-21-9-10-22-25(13-21)38-28(37-22)39-30-41(33,34)27-16(2)12-24(36-8)18(4)20(27)6/h9-13,28-30H,14H2,1-8H3. The molecule has 4 rings (SSSR count). The first-order valence-electron chi connectivity index (χ1n) is 12.6. The fourth-order valence-corrected chi connectivity index (χ4v) is 7.69. The van der Waals surface area contributed by atoms with Crippen LogP contribution < -0.4 is 28.6 Å². The largest absolute Gasteiger partial charge is 0.496 e. The molecule has 1 atom stereocenters. The van der Waals surface area contributed by atoms with Gasteiger partial charge in [0.05, 0.1) is 24.0 Å². The number of aryl methyl sites for hydroxylation is 2. The van der Waals surface area contributed by atoms with Gasteiger partial charge < -0.3 is 18.9 Å². The molecule has 3 aromatic carbocycles. The van der Waals surface area contributed by atoms with E-state index in [1.807, 2.05) is 6.92 Å². The van der Waals surface area contributed by atoms with Gasteiger partial charge in [-0.15, -0.1) is 0 Å². The van der Waals surface area contributed by atoms with Crippen LogP contribution in [0.4, 0.5) is 0 Å². The SMILES string of the molecule is COc1cc(C)c(S(=O)(=O)NCc2ccc3c(c2)OC(ONS(=O)(=O)c2c(C)cc(OC)c(C)c2C)O3)c(C)c1C. The van der Waals surface area contributed by atoms with Crippen LogP contribution in [0.2, 0.25) is 0 Å². The normalized spacial score (nSPS) is 14.8. The summed E-state index contributed by atoms with van der Waals surface area (Å²) in [6.07, 6.45) is 0. The van der Waals surface area contributed by atoms with Gasteiger partial charge >= 0.3 is 6.48 Å². The first kappa shape index (κ1) is 30.6. The van der Waals surface area contributed by atoms with Crippen LogP contribution in [0.25, 0.3) is 0 Å². The zero-order valence-electron chi connectivity index (χ0n) is 24.2. The number of hydrogen-bond donors (Lipinski definition) is 2. The van der Waals surface area contributed by atoms with Gasteiger partial charge in [-0.05, 0) is 105 Å². The molecule has 0 amide bonds. The Balaban J connectivity index is 1.43. The van der Waals surface area contributed by atoms with Crippen molar-refractivity contribution in [2.24, 2.45) is 0 Å². The minimum atomic E-state index is -4.09. The van der Waals surface area contributed by atoms with Crippen molar-refractivity contribution in [1.29, 1.82) is 0 Å². The Morgan fingerprint density at radius 1 is 0.707 bits per heavy atom. The first-order chi connectivity index (χ1) is 19.2. The van der Waals surface area contributed by atoms with E-state index in [1.54, 1.807) is 72.1 Å². The number of ether oxygens (including phenoxy) is 4. The monoisotopic (exact) mass is 606 g/mol. The predicted molar refractivity (Wildman–Crippen MR) is 151 cm³/mol. The lowest BCUT2D eigenvalue weighted by Crippen LogP contribution is -2.34. The Morgan fingerprint density at radius 3 is 1.76 bits per heavy atom. The van der Waals surface area contributed by atoms with Crippen LogP contribution in [-0.2, 0) is 31.4 Å². The summed E-state index contributed by atoms with van der Waals surface area (Å²) in [5, 5.41) is 0. The number of benzene rings is 3. The van der Waals surface area contributed by atoms with Crippen molar-refractivity contribution in [3.63, 3.8) is 0 Å². The molecular formula is C28H34N2O9S2. The Labute approximate surface area is 240 Å². The maximum absolute atomic E-state index is 13.2. The predicted octanol–water partition coefficient (Wildman–Crippen LogP) is 4.00. The van der Waals surface area contributed by atoms with Gasteiger partial charge in [-0.3, -0.25) is 0 Å². The van der Waals surface area contributed by atoms with E-state index in [1.165, 1.54) is 7.11 Å². The zero-order chi connectivity index (χ0) is 30.3. The van der Waals surface area contributed by atoms with Crippen LogP contribution >= 0.6 is 0 Å². The van der Waals surface area contributed by atoms with Crippen LogP contribution in [0.5, 0.6) is 23.0 Å². The fraction of sp³-hybridized carbons (Fsp3) is 0.357. The zero-order valence-corrected chi connectivity index (χ0v) is 25.8. The van der Waals surface area contributed by atoms with E-state index in [4.69, 9.17) is 23.8 Å². The van der Waals surface area contributed by atoms with Crippen LogP contribution in [0.3, 0.4) is 0 Å². The number of fused-ring (bicyclic) bond motifs is 1. The Bertz CT molecular complexity index is 1720. The molecule has 0 spiro atoms. The van der Waals surface area contributed by atoms with Gasteiger partial charge in [0.2, 0.25) is 10.0 Å². The minimum absolute atomic E-state index is 0.0174. The molecule has 3 aromatic rings. The van der Waals surface area contributed by atoms with E-state index in [9.17, 15) is 16.8 Å². The first-order valence-corrected chi connectivity index (χ1v) is 15.6. The maximum atomic E-state index is 13.2. The topological polar surface area (TPSA) is 138 Å². The lowest BCUT2D eigenvalue weighted by Gasteiger charge is -2.17. The van der Waals surface area contributed by atoms with Crippen molar-refractivity contribution in [3.05, 3.63) is 69.3 Å². The highest BCUT2D eigenvalue weighted by atomic mass is 32.2. The van der Waals surface area contributed by atoms with Gasteiger partial charge in [-0.25, -0.2) is 26.4 Å². The highest BCUT2D eigenvalue weighted by molar-refractivity contribution is 7.89. The summed E-state index contributed by atoms with van der Waals surface area (Å²) < 4.78 is 76.9. The highest BCUT2D eigenvalue weighted by Crippen LogP contribution is 2.36. The molecule has 0 aliphatic carbocycles. The molecule has 1 aliphatic heterocycles. The van der Waals surface area contributed by atoms with Gasteiger partial charge in [0.25, 0.3) is 10.0 Å². The third-order valence-electron chi connectivity index (χ3n) is 7.11. The molecule has 0 aromatic heterocycles. The second kappa shape index (κ2) is 11.5. The third-order valence-corrected chi connectivity index (χ3v) is 10.3. The molecule has 11 nitrogen and oxygen atoms in total. The van der Waals surface area contributed by atoms with Crippen molar-refractivity contribution in [1.82, 2.24) is 9.61 Å². The average Bonchev–Trinajstić information content (AvgIpc) is 3.32. The molecule has 0 saturated heterocycles. The number of methoxy groups -OCH3 is 2. The maximum Gasteiger partial charge on any atom is 0.378 e. The van der Waals surface area contributed by atoms with Crippen molar-refractivity contribution in [2.45, 2.75) is 64.4 Å². The molecule has 1 heterocycles. The molecule has 0 radical (unpaired) electrons. The van der Waals surface area contributed by atoms with E-state index in [0.29, 0.717) is 50.6 Å². The summed E-state index contributed by atoms with van der Waals surface area (Å²) >= 11 is 0. The highest BCUT2D eigenvalue weighted by Gasteiger charge is 2.30. The van der Waals surface area contributed by atoms with E-state index in [-0.39, 0.29) is 22.1 Å². The lowest BCUT2D eigenvalue weighted by molar-refractivity contribution is -0.195. The van der Waals surface area contributed by atoms with E-state index in [2.05, 4.69) is 9.61 Å². The number of rotatable bonds is 10. The fourth-order valence-electron chi connectivity index (χ4n) is 4.82. The number of hydrogen-bond acceptors (Lipinski definition) is 9. The van der Waals surface area contributed by atoms with E-state index >= 15 is 0 Å². The van der Waals surface area contributed by atoms with Crippen molar-refractivity contribution >= 4 is 20.0 Å². The summed E-state index contributed by atoms with van der Waals surface area (Å²) in [5.74, 6) is 1.79. The van der Waals surface area contributed by atoms with Crippen LogP contribution in [0.1, 0.15) is 38.9 Å². The lowest BCUT2D eigenvalue weighted by atomic mass is 10.1. The molecule has 0 saturated carbocycles. The quantitative estimate of drug-likeness (QED) is 0.328. The molecule has 0 fully saturated rings. The van der Waals surface area contributed by atoms with Crippen molar-refractivity contribution in [3.8, 4) is 23.0 Å². The second-order valence-electron chi connectivity index (χ2n) is 9.78. The smallest absolute Gasteiger partial charge is 0.378 e. The molecule has 222 valence electrons. The Morgan fingerprint density at radius 2 is 1.22 bits per heavy atom. The second-order valence-corrected chi connectivity index (χ2v) is 13.1. The molecule has 1 unspecified atom stereocenters. The summed E-state index contributed by atoms with van der Waals surface area (Å²) in [6, 6.07) is 8.19. The van der Waals surface area contributed by atoms with Gasteiger partial charge in [-0.2, -0.15) is 0 Å². The van der Waals surface area contributed by atoms with Gasteiger partial charge in [0.15, 0.2) is 11.5 Å². The van der Waals surface area contributed by atoms with Crippen molar-refractivity contribution < 1.29 is 40.6 Å². The number of nitrogens with one attached hydrogen (secondary N) is 2.